The van der Waals surface area contributed by atoms with Crippen LogP contribution in [0.5, 0.6) is 0 Å². The van der Waals surface area contributed by atoms with Crippen molar-refractivity contribution in [3.63, 3.8) is 0 Å². The van der Waals surface area contributed by atoms with Gasteiger partial charge in [0.1, 0.15) is 6.10 Å². The summed E-state index contributed by atoms with van der Waals surface area (Å²) in [7, 11) is 3.08. The molecule has 1 aromatic rings. The van der Waals surface area contributed by atoms with Crippen molar-refractivity contribution in [1.29, 1.82) is 0 Å². The standard InChI is InChI=1S/C19H24N5O4/c1-21-16-15(17(26)22(2)19(21)27)24(12-14(25)13-6-4-3-5-7-13)18(20-16)23-8-10-28-11-9-23/h3-7,14-15,25H,8-12H2,1-2H3/q+1. The maximum Gasteiger partial charge on any atom is 0.392 e. The minimum absolute atomic E-state index is 0.190. The second-order valence-electron chi connectivity index (χ2n) is 7.09. The van der Waals surface area contributed by atoms with E-state index in [9.17, 15) is 14.7 Å². The summed E-state index contributed by atoms with van der Waals surface area (Å²) in [6.45, 7) is 2.60. The third-order valence-electron chi connectivity index (χ3n) is 5.36. The fourth-order valence-electron chi connectivity index (χ4n) is 3.76. The van der Waals surface area contributed by atoms with Gasteiger partial charge in [-0.25, -0.2) is 9.69 Å². The Morgan fingerprint density at radius 3 is 2.54 bits per heavy atom. The average molecular weight is 386 g/mol. The number of fused-ring (bicyclic) bond motifs is 1. The summed E-state index contributed by atoms with van der Waals surface area (Å²) in [4.78, 5) is 34.3. The van der Waals surface area contributed by atoms with Gasteiger partial charge in [0.15, 0.2) is 0 Å². The van der Waals surface area contributed by atoms with E-state index in [4.69, 9.17) is 4.74 Å². The predicted molar refractivity (Wildman–Crippen MR) is 101 cm³/mol. The molecule has 3 aliphatic rings. The molecule has 148 valence electrons. The third-order valence-corrected chi connectivity index (χ3v) is 5.36. The molecule has 1 aromatic carbocycles. The minimum Gasteiger partial charge on any atom is -0.385 e. The molecule has 9 nitrogen and oxygen atoms in total. The highest BCUT2D eigenvalue weighted by Crippen LogP contribution is 2.26. The number of aliphatic hydroxyl groups is 1. The van der Waals surface area contributed by atoms with Crippen molar-refractivity contribution in [2.24, 2.45) is 4.99 Å². The largest absolute Gasteiger partial charge is 0.392 e. The molecule has 4 rings (SSSR count). The highest BCUT2D eigenvalue weighted by Gasteiger charge is 2.55. The van der Waals surface area contributed by atoms with Gasteiger partial charge in [0.25, 0.3) is 5.91 Å². The molecule has 9 heteroatoms. The first-order valence-corrected chi connectivity index (χ1v) is 9.32. The zero-order valence-corrected chi connectivity index (χ0v) is 16.0. The Kier molecular flexibility index (Phi) is 4.86. The number of imide groups is 1. The molecule has 0 aromatic heterocycles. The third kappa shape index (κ3) is 3.06. The Morgan fingerprint density at radius 1 is 1.18 bits per heavy atom. The van der Waals surface area contributed by atoms with E-state index >= 15 is 0 Å². The van der Waals surface area contributed by atoms with Crippen LogP contribution in [-0.4, -0.2) is 101 Å². The van der Waals surface area contributed by atoms with Gasteiger partial charge in [0, 0.05) is 14.1 Å². The van der Waals surface area contributed by atoms with Crippen molar-refractivity contribution in [3.8, 4) is 0 Å². The smallest absolute Gasteiger partial charge is 0.385 e. The van der Waals surface area contributed by atoms with Crippen LogP contribution in [0.15, 0.2) is 35.3 Å². The van der Waals surface area contributed by atoms with E-state index in [0.29, 0.717) is 38.1 Å². The van der Waals surface area contributed by atoms with Gasteiger partial charge in [-0.2, -0.15) is 0 Å². The zero-order chi connectivity index (χ0) is 19.8. The molecule has 3 aliphatic heterocycles. The van der Waals surface area contributed by atoms with Gasteiger partial charge in [0.2, 0.25) is 11.9 Å². The summed E-state index contributed by atoms with van der Waals surface area (Å²) >= 11 is 0. The number of carbonyl (C=O) groups excluding carboxylic acids is 2. The number of urea groups is 1. The van der Waals surface area contributed by atoms with Gasteiger partial charge in [-0.3, -0.25) is 19.2 Å². The maximum atomic E-state index is 12.9. The van der Waals surface area contributed by atoms with Crippen LogP contribution in [0.2, 0.25) is 0 Å². The second kappa shape index (κ2) is 7.33. The Balaban J connectivity index is 1.72. The molecule has 1 N–H and O–H groups in total. The van der Waals surface area contributed by atoms with E-state index in [0.717, 1.165) is 10.5 Å². The number of rotatable bonds is 3. The van der Waals surface area contributed by atoms with Crippen LogP contribution in [-0.2, 0) is 9.53 Å². The lowest BCUT2D eigenvalue weighted by Gasteiger charge is -2.33. The van der Waals surface area contributed by atoms with Crippen LogP contribution in [0, 0.1) is 0 Å². The van der Waals surface area contributed by atoms with E-state index in [1.807, 2.05) is 34.9 Å². The van der Waals surface area contributed by atoms with E-state index in [1.54, 1.807) is 11.9 Å². The number of carbonyl (C=O) groups is 2. The molecule has 28 heavy (non-hydrogen) atoms. The van der Waals surface area contributed by atoms with Crippen LogP contribution < -0.4 is 0 Å². The van der Waals surface area contributed by atoms with Gasteiger partial charge in [0.05, 0.1) is 32.8 Å². The van der Waals surface area contributed by atoms with Crippen LogP contribution in [0.1, 0.15) is 11.7 Å². The molecular weight excluding hydrogens is 362 g/mol. The van der Waals surface area contributed by atoms with E-state index in [1.165, 1.54) is 11.9 Å². The predicted octanol–water partition coefficient (Wildman–Crippen LogP) is -0.275. The molecule has 3 amide bonds. The number of nitrogens with zero attached hydrogens (tertiary/aromatic N) is 5. The van der Waals surface area contributed by atoms with Crippen molar-refractivity contribution in [1.82, 2.24) is 14.7 Å². The molecule has 0 aliphatic carbocycles. The summed E-state index contributed by atoms with van der Waals surface area (Å²) in [5, 5.41) is 10.8. The fourth-order valence-corrected chi connectivity index (χ4v) is 3.76. The number of likely N-dealkylation sites (N-methyl/N-ethyl adjacent to an activating group) is 2. The number of benzene rings is 1. The number of aliphatic hydroxyl groups excluding tert-OH is 1. The van der Waals surface area contributed by atoms with Crippen molar-refractivity contribution >= 4 is 23.7 Å². The lowest BCUT2D eigenvalue weighted by atomic mass is 10.1. The SMILES string of the molecule is CN1C(=O)C2C(=NC(=[N+]3CCOCC3)N2CC(O)c2ccccc2)N(C)C1=O. The molecule has 0 saturated carbocycles. The van der Waals surface area contributed by atoms with Crippen molar-refractivity contribution in [2.75, 3.05) is 46.9 Å². The Morgan fingerprint density at radius 2 is 1.86 bits per heavy atom. The quantitative estimate of drug-likeness (QED) is 0.723. The highest BCUT2D eigenvalue weighted by molar-refractivity contribution is 6.25. The molecular formula is C19H24N5O4+. The number of β-amino-alcohol motifs (C(OH)–C–C–N with tert-alkyl or cyclic N) is 1. The second-order valence-corrected chi connectivity index (χ2v) is 7.09. The van der Waals surface area contributed by atoms with Crippen molar-refractivity contribution < 1.29 is 24.0 Å². The summed E-state index contributed by atoms with van der Waals surface area (Å²) in [5.41, 5.74) is 0.762. The summed E-state index contributed by atoms with van der Waals surface area (Å²) in [6, 6.07) is 8.17. The number of guanidine groups is 1. The first kappa shape index (κ1) is 18.6. The van der Waals surface area contributed by atoms with E-state index in [-0.39, 0.29) is 12.5 Å². The van der Waals surface area contributed by atoms with Crippen LogP contribution in [0.25, 0.3) is 0 Å². The lowest BCUT2D eigenvalue weighted by molar-refractivity contribution is -0.554. The first-order chi connectivity index (χ1) is 13.5. The number of ether oxygens (including phenoxy) is 1. The van der Waals surface area contributed by atoms with Crippen LogP contribution in [0.4, 0.5) is 4.79 Å². The topological polar surface area (TPSA) is 88.7 Å². The molecule has 0 spiro atoms. The molecule has 2 fully saturated rings. The highest BCUT2D eigenvalue weighted by atomic mass is 16.5. The van der Waals surface area contributed by atoms with Gasteiger partial charge in [-0.15, -0.1) is 0 Å². The number of amidine groups is 1. The number of hydrogen-bond donors (Lipinski definition) is 1. The first-order valence-electron chi connectivity index (χ1n) is 9.32. The van der Waals surface area contributed by atoms with E-state index in [2.05, 4.69) is 4.99 Å². The maximum absolute atomic E-state index is 12.9. The monoisotopic (exact) mass is 386 g/mol. The number of hydrogen-bond acceptors (Lipinski definition) is 4. The molecule has 3 heterocycles. The van der Waals surface area contributed by atoms with Gasteiger partial charge in [-0.1, -0.05) is 35.3 Å². The van der Waals surface area contributed by atoms with Gasteiger partial charge < -0.3 is 9.84 Å². The molecule has 0 radical (unpaired) electrons. The minimum atomic E-state index is -0.798. The number of morpholine rings is 1. The van der Waals surface area contributed by atoms with Crippen molar-refractivity contribution in [3.05, 3.63) is 35.9 Å². The van der Waals surface area contributed by atoms with Crippen LogP contribution in [0.3, 0.4) is 0 Å². The Hall–Kier alpha value is -2.78. The van der Waals surface area contributed by atoms with E-state index < -0.39 is 18.2 Å². The lowest BCUT2D eigenvalue weighted by Crippen LogP contribution is -2.63. The fraction of sp³-hybridized carbons (Fsp3) is 0.474. The normalized spacial score (nSPS) is 23.9. The summed E-state index contributed by atoms with van der Waals surface area (Å²) < 4.78 is 7.47. The Labute approximate surface area is 163 Å². The average Bonchev–Trinajstić information content (AvgIpc) is 3.11. The Bertz CT molecular complexity index is 845. The number of aliphatic imine (C=N–C) groups is 1. The molecule has 2 saturated heterocycles. The van der Waals surface area contributed by atoms with Gasteiger partial charge in [-0.05, 0) is 5.56 Å². The number of amides is 3. The van der Waals surface area contributed by atoms with Gasteiger partial charge >= 0.3 is 12.0 Å². The molecule has 0 bridgehead atoms. The van der Waals surface area contributed by atoms with Crippen LogP contribution >= 0.6 is 0 Å². The summed E-state index contributed by atoms with van der Waals surface area (Å²) in [6.07, 6.45) is -0.798. The zero-order valence-electron chi connectivity index (χ0n) is 16.0. The summed E-state index contributed by atoms with van der Waals surface area (Å²) in [5.74, 6) is 0.654. The van der Waals surface area contributed by atoms with Crippen molar-refractivity contribution in [2.45, 2.75) is 12.1 Å². The molecule has 2 atom stereocenters. The molecule has 2 unspecified atom stereocenters.